The summed E-state index contributed by atoms with van der Waals surface area (Å²) in [6.45, 7) is 3.63. The van der Waals surface area contributed by atoms with E-state index in [9.17, 15) is 9.59 Å². The van der Waals surface area contributed by atoms with E-state index >= 15 is 0 Å². The van der Waals surface area contributed by atoms with E-state index in [0.29, 0.717) is 28.0 Å². The van der Waals surface area contributed by atoms with Crippen molar-refractivity contribution in [1.29, 1.82) is 0 Å². The number of anilines is 1. The summed E-state index contributed by atoms with van der Waals surface area (Å²) in [5.41, 5.74) is 5.21. The van der Waals surface area contributed by atoms with E-state index in [0.717, 1.165) is 11.1 Å². The molecule has 0 saturated heterocycles. The maximum Gasteiger partial charge on any atom is 0.285 e. The molecule has 0 atom stereocenters. The first-order valence-corrected chi connectivity index (χ1v) is 9.48. The Morgan fingerprint density at radius 2 is 1.97 bits per heavy atom. The Bertz CT molecular complexity index is 1070. The Morgan fingerprint density at radius 3 is 2.73 bits per heavy atom. The number of carbonyl (C=O) groups excluding carboxylic acids is 2. The topological polar surface area (TPSA) is 92.9 Å². The molecule has 154 valence electrons. The Hall–Kier alpha value is -3.58. The van der Waals surface area contributed by atoms with Crippen LogP contribution in [0.4, 0.5) is 5.69 Å². The number of hydrogen-bond donors (Lipinski definition) is 2. The lowest BCUT2D eigenvalue weighted by Gasteiger charge is -2.08. The number of hydrogen-bond acceptors (Lipinski definition) is 5. The molecule has 0 unspecified atom stereocenters. The van der Waals surface area contributed by atoms with Crippen LogP contribution in [0, 0.1) is 6.92 Å². The molecule has 0 bridgehead atoms. The molecule has 2 amide bonds. The number of nitrogens with zero attached hydrogens (tertiary/aromatic N) is 1. The van der Waals surface area contributed by atoms with Crippen molar-refractivity contribution in [2.24, 2.45) is 5.10 Å². The summed E-state index contributed by atoms with van der Waals surface area (Å²) in [6, 6.07) is 15.5. The zero-order chi connectivity index (χ0) is 21.5. The molecule has 7 nitrogen and oxygen atoms in total. The molecular formula is C22H20ClN3O4. The Labute approximate surface area is 178 Å². The van der Waals surface area contributed by atoms with Crippen LogP contribution >= 0.6 is 11.6 Å². The van der Waals surface area contributed by atoms with Gasteiger partial charge in [-0.3, -0.25) is 9.59 Å². The van der Waals surface area contributed by atoms with Crippen molar-refractivity contribution >= 4 is 35.3 Å². The number of amides is 2. The van der Waals surface area contributed by atoms with Crippen LogP contribution in [0.2, 0.25) is 5.02 Å². The van der Waals surface area contributed by atoms with Gasteiger partial charge in [0, 0.05) is 34.8 Å². The van der Waals surface area contributed by atoms with Gasteiger partial charge in [0.1, 0.15) is 6.61 Å². The summed E-state index contributed by atoms with van der Waals surface area (Å²) in [5, 5.41) is 7.14. The van der Waals surface area contributed by atoms with Crippen LogP contribution in [0.5, 0.6) is 5.95 Å². The minimum atomic E-state index is -0.421. The van der Waals surface area contributed by atoms with Gasteiger partial charge < -0.3 is 14.5 Å². The third-order valence-corrected chi connectivity index (χ3v) is 4.47. The van der Waals surface area contributed by atoms with E-state index in [1.54, 1.807) is 36.4 Å². The first kappa shape index (κ1) is 21.1. The molecule has 3 aromatic rings. The van der Waals surface area contributed by atoms with Gasteiger partial charge in [-0.1, -0.05) is 29.8 Å². The summed E-state index contributed by atoms with van der Waals surface area (Å²) in [4.78, 5) is 23.3. The summed E-state index contributed by atoms with van der Waals surface area (Å²) in [7, 11) is 0. The van der Waals surface area contributed by atoms with Gasteiger partial charge in [-0.05, 0) is 42.8 Å². The van der Waals surface area contributed by atoms with Crippen molar-refractivity contribution < 1.29 is 18.7 Å². The van der Waals surface area contributed by atoms with Crippen LogP contribution in [-0.2, 0) is 11.4 Å². The minimum absolute atomic E-state index is 0.217. The van der Waals surface area contributed by atoms with Crippen LogP contribution in [-0.4, -0.2) is 18.0 Å². The fraction of sp³-hybridized carbons (Fsp3) is 0.136. The lowest BCUT2D eigenvalue weighted by molar-refractivity contribution is -0.114. The molecule has 3 rings (SSSR count). The van der Waals surface area contributed by atoms with Gasteiger partial charge in [-0.15, -0.1) is 0 Å². The number of hydrazone groups is 1. The largest absolute Gasteiger partial charge is 0.460 e. The SMILES string of the molecule is CC(=O)Nc1cccc(C(=O)N/N=C/c2ccc(OCc3c(C)cccc3Cl)o2)c1. The van der Waals surface area contributed by atoms with E-state index < -0.39 is 5.91 Å². The third kappa shape index (κ3) is 5.71. The van der Waals surface area contributed by atoms with E-state index in [2.05, 4.69) is 15.8 Å². The highest BCUT2D eigenvalue weighted by atomic mass is 35.5. The van der Waals surface area contributed by atoms with Gasteiger partial charge in [-0.2, -0.15) is 5.10 Å². The van der Waals surface area contributed by atoms with Crippen LogP contribution in [0.3, 0.4) is 0 Å². The predicted molar refractivity (Wildman–Crippen MR) is 115 cm³/mol. The molecule has 0 aliphatic rings. The fourth-order valence-corrected chi connectivity index (χ4v) is 2.91. The highest BCUT2D eigenvalue weighted by Gasteiger charge is 2.08. The zero-order valence-corrected chi connectivity index (χ0v) is 17.2. The molecule has 2 N–H and O–H groups in total. The molecule has 0 spiro atoms. The lowest BCUT2D eigenvalue weighted by atomic mass is 10.1. The van der Waals surface area contributed by atoms with Crippen LogP contribution in [0.25, 0.3) is 0 Å². The number of aryl methyl sites for hydroxylation is 1. The maximum atomic E-state index is 12.2. The summed E-state index contributed by atoms with van der Waals surface area (Å²) >= 11 is 6.19. The number of nitrogens with one attached hydrogen (secondary N) is 2. The third-order valence-electron chi connectivity index (χ3n) is 4.12. The predicted octanol–water partition coefficient (Wildman–Crippen LogP) is 4.54. The Morgan fingerprint density at radius 1 is 1.17 bits per heavy atom. The number of rotatable bonds is 7. The van der Waals surface area contributed by atoms with Crippen molar-refractivity contribution in [2.75, 3.05) is 5.32 Å². The van der Waals surface area contributed by atoms with E-state index in [-0.39, 0.29) is 12.5 Å². The van der Waals surface area contributed by atoms with Crippen molar-refractivity contribution in [3.63, 3.8) is 0 Å². The summed E-state index contributed by atoms with van der Waals surface area (Å²) < 4.78 is 11.2. The highest BCUT2D eigenvalue weighted by Crippen LogP contribution is 2.22. The smallest absolute Gasteiger partial charge is 0.285 e. The first-order valence-electron chi connectivity index (χ1n) is 9.10. The van der Waals surface area contributed by atoms with Crippen LogP contribution in [0.15, 0.2) is 64.1 Å². The van der Waals surface area contributed by atoms with Gasteiger partial charge >= 0.3 is 0 Å². The van der Waals surface area contributed by atoms with Crippen molar-refractivity contribution in [1.82, 2.24) is 5.43 Å². The van der Waals surface area contributed by atoms with Crippen molar-refractivity contribution in [2.45, 2.75) is 20.5 Å². The molecule has 0 aliphatic heterocycles. The molecular weight excluding hydrogens is 406 g/mol. The van der Waals surface area contributed by atoms with E-state index in [4.69, 9.17) is 20.8 Å². The number of ether oxygens (including phenoxy) is 1. The highest BCUT2D eigenvalue weighted by molar-refractivity contribution is 6.31. The molecule has 0 aliphatic carbocycles. The van der Waals surface area contributed by atoms with Gasteiger partial charge in [0.2, 0.25) is 5.91 Å². The molecule has 2 aromatic carbocycles. The minimum Gasteiger partial charge on any atom is -0.460 e. The summed E-state index contributed by atoms with van der Waals surface area (Å²) in [5.74, 6) is 0.0834. The van der Waals surface area contributed by atoms with Gasteiger partial charge in [0.05, 0.1) is 6.21 Å². The summed E-state index contributed by atoms with van der Waals surface area (Å²) in [6.07, 6.45) is 1.36. The fourth-order valence-electron chi connectivity index (χ4n) is 2.63. The second kappa shape index (κ2) is 9.76. The Balaban J connectivity index is 1.55. The standard InChI is InChI=1S/C22H20ClN3O4/c1-14-5-3-8-20(23)19(14)13-29-21-10-9-18(30-21)12-24-26-22(28)16-6-4-7-17(11-16)25-15(2)27/h3-12H,13H2,1-2H3,(H,25,27)(H,26,28)/b24-12+. The average Bonchev–Trinajstić information content (AvgIpc) is 3.15. The van der Waals surface area contributed by atoms with Crippen LogP contribution < -0.4 is 15.5 Å². The number of carbonyl (C=O) groups is 2. The molecule has 1 heterocycles. The number of furan rings is 1. The lowest BCUT2D eigenvalue weighted by Crippen LogP contribution is -2.18. The quantitative estimate of drug-likeness (QED) is 0.429. The van der Waals surface area contributed by atoms with Crippen molar-refractivity contribution in [3.05, 3.63) is 82.1 Å². The second-order valence-electron chi connectivity index (χ2n) is 6.44. The zero-order valence-electron chi connectivity index (χ0n) is 16.4. The van der Waals surface area contributed by atoms with E-state index in [1.165, 1.54) is 13.1 Å². The first-order chi connectivity index (χ1) is 14.4. The molecule has 0 radical (unpaired) electrons. The van der Waals surface area contributed by atoms with Gasteiger partial charge in [0.15, 0.2) is 5.76 Å². The molecule has 0 saturated carbocycles. The maximum absolute atomic E-state index is 12.2. The average molecular weight is 426 g/mol. The van der Waals surface area contributed by atoms with E-state index in [1.807, 2.05) is 25.1 Å². The molecule has 8 heteroatoms. The second-order valence-corrected chi connectivity index (χ2v) is 6.85. The van der Waals surface area contributed by atoms with Gasteiger partial charge in [-0.25, -0.2) is 5.43 Å². The Kier molecular flexibility index (Phi) is 6.87. The van der Waals surface area contributed by atoms with Crippen LogP contribution in [0.1, 0.15) is 34.2 Å². The monoisotopic (exact) mass is 425 g/mol. The molecule has 30 heavy (non-hydrogen) atoms. The normalized spacial score (nSPS) is 10.8. The molecule has 0 fully saturated rings. The number of benzene rings is 2. The number of halogens is 1. The molecule has 1 aromatic heterocycles. The van der Waals surface area contributed by atoms with Gasteiger partial charge in [0.25, 0.3) is 11.9 Å². The van der Waals surface area contributed by atoms with Crippen molar-refractivity contribution in [3.8, 4) is 5.95 Å².